The molecular formula is C17H22BrNO2. The van der Waals surface area contributed by atoms with E-state index in [9.17, 15) is 0 Å². The maximum Gasteiger partial charge on any atom is 0.169 e. The highest BCUT2D eigenvalue weighted by Crippen LogP contribution is 2.28. The molecule has 2 aromatic rings. The number of ether oxygens (including phenoxy) is 1. The normalized spacial score (nSPS) is 12.4. The Kier molecular flexibility index (Phi) is 5.88. The molecule has 114 valence electrons. The van der Waals surface area contributed by atoms with Crippen molar-refractivity contribution < 1.29 is 9.15 Å². The van der Waals surface area contributed by atoms with Crippen molar-refractivity contribution in [2.75, 3.05) is 13.7 Å². The van der Waals surface area contributed by atoms with Gasteiger partial charge in [0.25, 0.3) is 0 Å². The fourth-order valence-electron chi connectivity index (χ4n) is 2.39. The zero-order chi connectivity index (χ0) is 15.2. The van der Waals surface area contributed by atoms with Gasteiger partial charge in [-0.2, -0.15) is 0 Å². The molecule has 0 amide bonds. The van der Waals surface area contributed by atoms with Crippen LogP contribution in [0.2, 0.25) is 0 Å². The van der Waals surface area contributed by atoms with E-state index in [2.05, 4.69) is 47.2 Å². The van der Waals surface area contributed by atoms with Crippen LogP contribution in [0.4, 0.5) is 0 Å². The zero-order valence-corrected chi connectivity index (χ0v) is 14.4. The second-order valence-electron chi connectivity index (χ2n) is 5.17. The van der Waals surface area contributed by atoms with Crippen LogP contribution in [0.5, 0.6) is 5.75 Å². The van der Waals surface area contributed by atoms with Gasteiger partial charge in [-0.3, -0.25) is 0 Å². The number of aryl methyl sites for hydroxylation is 1. The highest BCUT2D eigenvalue weighted by atomic mass is 79.9. The van der Waals surface area contributed by atoms with Gasteiger partial charge < -0.3 is 14.5 Å². The largest absolute Gasteiger partial charge is 0.496 e. The van der Waals surface area contributed by atoms with Crippen molar-refractivity contribution in [2.24, 2.45) is 0 Å². The maximum absolute atomic E-state index is 5.73. The second kappa shape index (κ2) is 7.66. The predicted molar refractivity (Wildman–Crippen MR) is 88.9 cm³/mol. The van der Waals surface area contributed by atoms with Crippen LogP contribution in [0.3, 0.4) is 0 Å². The van der Waals surface area contributed by atoms with Crippen LogP contribution in [0.15, 0.2) is 39.4 Å². The minimum atomic E-state index is 0.145. The summed E-state index contributed by atoms with van der Waals surface area (Å²) in [5.41, 5.74) is 2.43. The van der Waals surface area contributed by atoms with Crippen molar-refractivity contribution in [3.05, 3.63) is 51.9 Å². The molecule has 4 heteroatoms. The Bertz CT molecular complexity index is 580. The van der Waals surface area contributed by atoms with E-state index in [1.165, 1.54) is 11.1 Å². The fraction of sp³-hybridized carbons (Fsp3) is 0.412. The molecule has 0 aliphatic heterocycles. The number of halogens is 1. The Balaban J connectivity index is 2.24. The summed E-state index contributed by atoms with van der Waals surface area (Å²) in [7, 11) is 1.71. The van der Waals surface area contributed by atoms with Gasteiger partial charge in [-0.1, -0.05) is 24.6 Å². The molecule has 1 unspecified atom stereocenters. The van der Waals surface area contributed by atoms with Gasteiger partial charge in [-0.15, -0.1) is 0 Å². The third kappa shape index (κ3) is 4.35. The number of rotatable bonds is 7. The van der Waals surface area contributed by atoms with E-state index in [0.717, 1.165) is 35.6 Å². The zero-order valence-electron chi connectivity index (χ0n) is 12.8. The topological polar surface area (TPSA) is 34.4 Å². The Labute approximate surface area is 134 Å². The third-order valence-electron chi connectivity index (χ3n) is 3.44. The lowest BCUT2D eigenvalue weighted by Gasteiger charge is -2.18. The minimum Gasteiger partial charge on any atom is -0.496 e. The molecule has 0 saturated heterocycles. The lowest BCUT2D eigenvalue weighted by molar-refractivity contribution is 0.384. The summed E-state index contributed by atoms with van der Waals surface area (Å²) in [6, 6.07) is 10.4. The van der Waals surface area contributed by atoms with Gasteiger partial charge in [-0.05, 0) is 66.0 Å². The summed E-state index contributed by atoms with van der Waals surface area (Å²) in [6.07, 6.45) is 1.92. The molecule has 0 fully saturated rings. The van der Waals surface area contributed by atoms with E-state index < -0.39 is 0 Å². The monoisotopic (exact) mass is 351 g/mol. The third-order valence-corrected chi connectivity index (χ3v) is 3.86. The number of hydrogen-bond donors (Lipinski definition) is 1. The summed E-state index contributed by atoms with van der Waals surface area (Å²) in [4.78, 5) is 0. The van der Waals surface area contributed by atoms with Gasteiger partial charge in [0.05, 0.1) is 13.2 Å². The van der Waals surface area contributed by atoms with E-state index in [4.69, 9.17) is 9.15 Å². The Hall–Kier alpha value is -1.26. The molecule has 1 N–H and O–H groups in total. The molecule has 0 aliphatic rings. The van der Waals surface area contributed by atoms with Crippen LogP contribution in [0, 0.1) is 6.92 Å². The average molecular weight is 352 g/mol. The molecule has 0 radical (unpaired) electrons. The van der Waals surface area contributed by atoms with Crippen molar-refractivity contribution in [3.8, 4) is 5.75 Å². The van der Waals surface area contributed by atoms with Gasteiger partial charge in [0.15, 0.2) is 4.67 Å². The average Bonchev–Trinajstić information content (AvgIpc) is 2.90. The van der Waals surface area contributed by atoms with E-state index in [1.807, 2.05) is 18.2 Å². The first kappa shape index (κ1) is 16.1. The summed E-state index contributed by atoms with van der Waals surface area (Å²) < 4.78 is 12.0. The van der Waals surface area contributed by atoms with Crippen LogP contribution in [0.1, 0.15) is 36.3 Å². The molecule has 1 heterocycles. The van der Waals surface area contributed by atoms with Crippen molar-refractivity contribution >= 4 is 15.9 Å². The molecule has 0 spiro atoms. The first-order valence-electron chi connectivity index (χ1n) is 7.26. The van der Waals surface area contributed by atoms with Crippen LogP contribution in [-0.2, 0) is 6.42 Å². The van der Waals surface area contributed by atoms with E-state index >= 15 is 0 Å². The highest BCUT2D eigenvalue weighted by Gasteiger charge is 2.17. The van der Waals surface area contributed by atoms with E-state index in [0.29, 0.717) is 0 Å². The maximum atomic E-state index is 5.73. The van der Waals surface area contributed by atoms with E-state index in [1.54, 1.807) is 7.11 Å². The summed E-state index contributed by atoms with van der Waals surface area (Å²) >= 11 is 3.37. The van der Waals surface area contributed by atoms with Crippen molar-refractivity contribution in [1.82, 2.24) is 5.32 Å². The molecule has 21 heavy (non-hydrogen) atoms. The lowest BCUT2D eigenvalue weighted by atomic mass is 10.0. The quantitative estimate of drug-likeness (QED) is 0.788. The van der Waals surface area contributed by atoms with E-state index in [-0.39, 0.29) is 6.04 Å². The summed E-state index contributed by atoms with van der Waals surface area (Å²) in [5.74, 6) is 1.87. The first-order chi connectivity index (χ1) is 10.1. The molecule has 1 aromatic carbocycles. The molecule has 1 aromatic heterocycles. The fourth-order valence-corrected chi connectivity index (χ4v) is 2.71. The van der Waals surface area contributed by atoms with Crippen LogP contribution >= 0.6 is 15.9 Å². The lowest BCUT2D eigenvalue weighted by Crippen LogP contribution is -2.24. The molecule has 0 bridgehead atoms. The van der Waals surface area contributed by atoms with Gasteiger partial charge in [0.2, 0.25) is 0 Å². The SMILES string of the molecule is CCCNC(Cc1cc(C)ccc1OC)c1ccc(Br)o1. The number of methoxy groups -OCH3 is 1. The molecule has 2 rings (SSSR count). The van der Waals surface area contributed by atoms with Crippen LogP contribution in [-0.4, -0.2) is 13.7 Å². The summed E-state index contributed by atoms with van der Waals surface area (Å²) in [6.45, 7) is 5.22. The molecule has 0 saturated carbocycles. The van der Waals surface area contributed by atoms with Crippen molar-refractivity contribution in [3.63, 3.8) is 0 Å². The number of hydrogen-bond acceptors (Lipinski definition) is 3. The predicted octanol–water partition coefficient (Wildman–Crippen LogP) is 4.64. The molecular weight excluding hydrogens is 330 g/mol. The van der Waals surface area contributed by atoms with Crippen molar-refractivity contribution in [2.45, 2.75) is 32.7 Å². The Morgan fingerprint density at radius 3 is 2.71 bits per heavy atom. The molecule has 0 aliphatic carbocycles. The summed E-state index contributed by atoms with van der Waals surface area (Å²) in [5, 5.41) is 3.55. The highest BCUT2D eigenvalue weighted by molar-refractivity contribution is 9.10. The smallest absolute Gasteiger partial charge is 0.169 e. The van der Waals surface area contributed by atoms with Gasteiger partial charge >= 0.3 is 0 Å². The standard InChI is InChI=1S/C17H22BrNO2/c1-4-9-19-14(16-7-8-17(18)21-16)11-13-10-12(2)5-6-15(13)20-3/h5-8,10,14,19H,4,9,11H2,1-3H3. The number of nitrogens with one attached hydrogen (secondary N) is 1. The Morgan fingerprint density at radius 2 is 2.10 bits per heavy atom. The van der Waals surface area contributed by atoms with Crippen molar-refractivity contribution in [1.29, 1.82) is 0 Å². The Morgan fingerprint density at radius 1 is 1.29 bits per heavy atom. The van der Waals surface area contributed by atoms with Crippen LogP contribution in [0.25, 0.3) is 0 Å². The van der Waals surface area contributed by atoms with Crippen LogP contribution < -0.4 is 10.1 Å². The second-order valence-corrected chi connectivity index (χ2v) is 5.95. The van der Waals surface area contributed by atoms with Gasteiger partial charge in [0.1, 0.15) is 11.5 Å². The number of furan rings is 1. The molecule has 1 atom stereocenters. The minimum absolute atomic E-state index is 0.145. The molecule has 3 nitrogen and oxygen atoms in total. The van der Waals surface area contributed by atoms with Gasteiger partial charge in [-0.25, -0.2) is 0 Å². The number of benzene rings is 1. The van der Waals surface area contributed by atoms with Gasteiger partial charge in [0, 0.05) is 0 Å². The first-order valence-corrected chi connectivity index (χ1v) is 8.05.